The van der Waals surface area contributed by atoms with Crippen molar-refractivity contribution in [1.82, 2.24) is 0 Å². The molecule has 80 valence electrons. The van der Waals surface area contributed by atoms with Gasteiger partial charge in [0.15, 0.2) is 19.7 Å². The van der Waals surface area contributed by atoms with Gasteiger partial charge in [0.05, 0.1) is 0 Å². The van der Waals surface area contributed by atoms with Crippen LogP contribution in [-0.2, 0) is 19.7 Å². The highest BCUT2D eigenvalue weighted by Crippen LogP contribution is 1.87. The zero-order valence-electron chi connectivity index (χ0n) is 7.59. The summed E-state index contributed by atoms with van der Waals surface area (Å²) in [6.45, 7) is 12.2. The van der Waals surface area contributed by atoms with Crippen LogP contribution in [0.2, 0.25) is 0 Å². The summed E-state index contributed by atoms with van der Waals surface area (Å²) in [6, 6.07) is 0. The average molecular weight is 236 g/mol. The van der Waals surface area contributed by atoms with Crippen LogP contribution < -0.4 is 0 Å². The van der Waals surface area contributed by atoms with Gasteiger partial charge in [0, 0.05) is 21.6 Å². The van der Waals surface area contributed by atoms with Gasteiger partial charge in [-0.2, -0.15) is 0 Å². The minimum absolute atomic E-state index is 0.847. The maximum atomic E-state index is 10.1. The largest absolute Gasteiger partial charge is 0.220 e. The van der Waals surface area contributed by atoms with E-state index in [1.165, 1.54) is 0 Å². The van der Waals surface area contributed by atoms with Gasteiger partial charge in [0.25, 0.3) is 0 Å². The number of hydrogen-bond donors (Lipinski definition) is 0. The molecule has 6 heteroatoms. The zero-order valence-corrected chi connectivity index (χ0v) is 9.22. The Bertz CT molecular complexity index is 342. The fraction of sp³-hybridized carbons (Fsp3) is 0. The van der Waals surface area contributed by atoms with Crippen LogP contribution in [0.1, 0.15) is 0 Å². The first-order valence-corrected chi connectivity index (χ1v) is 6.46. The third-order valence-electron chi connectivity index (χ3n) is 0.929. The second kappa shape index (κ2) is 6.33. The van der Waals surface area contributed by atoms with Crippen molar-refractivity contribution in [2.75, 3.05) is 0 Å². The number of hydrogen-bond acceptors (Lipinski definition) is 4. The Labute approximate surface area is 84.8 Å². The molecular weight excluding hydrogens is 224 g/mol. The highest BCUT2D eigenvalue weighted by Gasteiger charge is 1.91. The van der Waals surface area contributed by atoms with E-state index in [1.807, 2.05) is 0 Å². The van der Waals surface area contributed by atoms with Crippen molar-refractivity contribution in [2.45, 2.75) is 0 Å². The second-order valence-electron chi connectivity index (χ2n) is 1.84. The van der Waals surface area contributed by atoms with E-state index in [2.05, 4.69) is 26.3 Å². The smallest absolute Gasteiger partial charge is 0.191 e. The van der Waals surface area contributed by atoms with Crippen LogP contribution in [0, 0.1) is 0 Å². The minimum atomic E-state index is -3.13. The summed E-state index contributed by atoms with van der Waals surface area (Å²) >= 11 is 0. The summed E-state index contributed by atoms with van der Waals surface area (Å²) in [4.78, 5) is 0. The van der Waals surface area contributed by atoms with E-state index in [1.54, 1.807) is 0 Å². The van der Waals surface area contributed by atoms with Gasteiger partial charge in [-0.1, -0.05) is 26.3 Å². The van der Waals surface area contributed by atoms with E-state index >= 15 is 0 Å². The van der Waals surface area contributed by atoms with Crippen molar-refractivity contribution in [1.29, 1.82) is 0 Å². The number of sulfone groups is 2. The zero-order chi connectivity index (χ0) is 11.8. The minimum Gasteiger partial charge on any atom is -0.220 e. The molecule has 0 radical (unpaired) electrons. The van der Waals surface area contributed by atoms with E-state index < -0.39 is 19.7 Å². The van der Waals surface area contributed by atoms with Crippen molar-refractivity contribution in [3.05, 3.63) is 47.9 Å². The highest BCUT2D eigenvalue weighted by atomic mass is 32.2. The Morgan fingerprint density at radius 1 is 0.571 bits per heavy atom. The van der Waals surface area contributed by atoms with Crippen molar-refractivity contribution in [3.8, 4) is 0 Å². The van der Waals surface area contributed by atoms with E-state index in [0.29, 0.717) is 0 Å². The molecule has 0 fully saturated rings. The van der Waals surface area contributed by atoms with Crippen LogP contribution >= 0.6 is 0 Å². The van der Waals surface area contributed by atoms with Crippen molar-refractivity contribution < 1.29 is 16.8 Å². The monoisotopic (exact) mass is 236 g/mol. The van der Waals surface area contributed by atoms with Gasteiger partial charge < -0.3 is 0 Å². The third-order valence-corrected chi connectivity index (χ3v) is 2.79. The maximum Gasteiger partial charge on any atom is 0.191 e. The Kier molecular flexibility index (Phi) is 6.94. The van der Waals surface area contributed by atoms with Crippen LogP contribution in [0.5, 0.6) is 0 Å². The standard InChI is InChI=1S/2C4H6O2S/c2*1-3-7(5,6)4-2/h2*3-4H,1-2H2. The lowest BCUT2D eigenvalue weighted by Gasteiger charge is -1.78. The Hall–Kier alpha value is -1.14. The normalized spacial score (nSPS) is 10.3. The van der Waals surface area contributed by atoms with Gasteiger partial charge in [0.1, 0.15) is 0 Å². The summed E-state index contributed by atoms with van der Waals surface area (Å²) < 4.78 is 40.5. The molecule has 0 unspecified atom stereocenters. The van der Waals surface area contributed by atoms with Crippen LogP contribution in [0.25, 0.3) is 0 Å². The molecule has 0 atom stereocenters. The van der Waals surface area contributed by atoms with Gasteiger partial charge in [-0.25, -0.2) is 16.8 Å². The molecule has 0 saturated heterocycles. The van der Waals surface area contributed by atoms with Crippen molar-refractivity contribution >= 4 is 19.7 Å². The molecule has 0 rings (SSSR count). The molecule has 14 heavy (non-hydrogen) atoms. The molecule has 0 heterocycles. The molecule has 0 amide bonds. The Morgan fingerprint density at radius 3 is 0.714 bits per heavy atom. The van der Waals surface area contributed by atoms with Crippen LogP contribution in [-0.4, -0.2) is 16.8 Å². The highest BCUT2D eigenvalue weighted by molar-refractivity contribution is 7.97. The fourth-order valence-electron chi connectivity index (χ4n) is 0.136. The van der Waals surface area contributed by atoms with Gasteiger partial charge in [0.2, 0.25) is 0 Å². The predicted octanol–water partition coefficient (Wildman–Crippen LogP) is 1.38. The first kappa shape index (κ1) is 15.3. The molecular formula is C8H12O4S2. The van der Waals surface area contributed by atoms with Gasteiger partial charge in [-0.15, -0.1) is 0 Å². The summed E-state index contributed by atoms with van der Waals surface area (Å²) in [5.74, 6) is 0. The molecule has 0 aromatic rings. The lowest BCUT2D eigenvalue weighted by molar-refractivity contribution is 0.611. The maximum absolute atomic E-state index is 10.1. The van der Waals surface area contributed by atoms with Crippen LogP contribution in [0.3, 0.4) is 0 Å². The summed E-state index contributed by atoms with van der Waals surface area (Å²) in [5.41, 5.74) is 0. The van der Waals surface area contributed by atoms with Crippen molar-refractivity contribution in [2.24, 2.45) is 0 Å². The number of rotatable bonds is 4. The van der Waals surface area contributed by atoms with E-state index in [9.17, 15) is 16.8 Å². The fourth-order valence-corrected chi connectivity index (χ4v) is 0.408. The molecule has 0 aromatic carbocycles. The second-order valence-corrected chi connectivity index (χ2v) is 5.53. The van der Waals surface area contributed by atoms with Gasteiger partial charge >= 0.3 is 0 Å². The third kappa shape index (κ3) is 8.95. The first-order chi connectivity index (χ1) is 6.24. The molecule has 0 bridgehead atoms. The summed E-state index contributed by atoms with van der Waals surface area (Å²) in [6.07, 6.45) is 0. The van der Waals surface area contributed by atoms with E-state index in [-0.39, 0.29) is 0 Å². The SMILES string of the molecule is C=CS(=O)(=O)C=C.C=CS(=O)(=O)C=C. The van der Waals surface area contributed by atoms with Gasteiger partial charge in [-0.05, 0) is 0 Å². The average Bonchev–Trinajstić information content (AvgIpc) is 2.19. The van der Waals surface area contributed by atoms with Crippen LogP contribution in [0.4, 0.5) is 0 Å². The van der Waals surface area contributed by atoms with Gasteiger partial charge in [-0.3, -0.25) is 0 Å². The van der Waals surface area contributed by atoms with Crippen LogP contribution in [0.15, 0.2) is 47.9 Å². The first-order valence-electron chi connectivity index (χ1n) is 3.24. The molecule has 0 aliphatic carbocycles. The summed E-state index contributed by atoms with van der Waals surface area (Å²) in [5, 5.41) is 3.39. The quantitative estimate of drug-likeness (QED) is 0.739. The molecule has 0 spiro atoms. The van der Waals surface area contributed by atoms with Crippen molar-refractivity contribution in [3.63, 3.8) is 0 Å². The van der Waals surface area contributed by atoms with E-state index in [4.69, 9.17) is 0 Å². The molecule has 0 saturated carbocycles. The topological polar surface area (TPSA) is 68.3 Å². The molecule has 0 N–H and O–H groups in total. The molecule has 4 nitrogen and oxygen atoms in total. The molecule has 0 aliphatic heterocycles. The van der Waals surface area contributed by atoms with E-state index in [0.717, 1.165) is 21.6 Å². The predicted molar refractivity (Wildman–Crippen MR) is 58.6 cm³/mol. The summed E-state index contributed by atoms with van der Waals surface area (Å²) in [7, 11) is -6.26. The Balaban J connectivity index is 0. The molecule has 0 aromatic heterocycles. The molecule has 0 aliphatic rings. The lowest BCUT2D eigenvalue weighted by Crippen LogP contribution is -1.83. The Morgan fingerprint density at radius 2 is 0.714 bits per heavy atom. The lowest BCUT2D eigenvalue weighted by atomic mass is 11.3.